The monoisotopic (exact) mass is 277 g/mol. The fourth-order valence-corrected chi connectivity index (χ4v) is 5.47. The predicted octanol–water partition coefficient (Wildman–Crippen LogP) is 0.933. The van der Waals surface area contributed by atoms with Crippen LogP contribution in [0.5, 0.6) is 0 Å². The molecule has 2 aliphatic heterocycles. The average Bonchev–Trinajstić information content (AvgIpc) is 2.64. The van der Waals surface area contributed by atoms with Crippen LogP contribution in [0.2, 0.25) is 0 Å². The molecule has 3 fully saturated rings. The van der Waals surface area contributed by atoms with E-state index in [0.717, 1.165) is 32.4 Å². The Morgan fingerprint density at radius 1 is 1.30 bits per heavy atom. The summed E-state index contributed by atoms with van der Waals surface area (Å²) in [5, 5.41) is 21.4. The number of carbonyl (C=O) groups excluding carboxylic acids is 1. The van der Waals surface area contributed by atoms with Gasteiger partial charge < -0.3 is 15.1 Å². The molecule has 4 aliphatic rings. The predicted molar refractivity (Wildman–Crippen MR) is 73.7 cm³/mol. The summed E-state index contributed by atoms with van der Waals surface area (Å²) in [5.74, 6) is 0.157. The van der Waals surface area contributed by atoms with Gasteiger partial charge in [-0.15, -0.1) is 0 Å². The first-order chi connectivity index (χ1) is 9.56. The lowest BCUT2D eigenvalue weighted by atomic mass is 9.57. The van der Waals surface area contributed by atoms with Crippen molar-refractivity contribution in [2.45, 2.75) is 44.8 Å². The molecule has 6 atom stereocenters. The number of aliphatic hydroxyl groups is 2. The minimum absolute atomic E-state index is 0.0700. The standard InChI is InChI=1S/C16H23NO3/c1-9-7-13-16-10(12(18)8-11(16)15(9)20)3-2-5-17(13)6-4-14(16)19/h7,9-11,14-15,19-20H,2-6,8H2,1H3. The second kappa shape index (κ2) is 4.08. The molecule has 0 radical (unpaired) electrons. The second-order valence-electron chi connectivity index (χ2n) is 7.10. The first-order valence-electron chi connectivity index (χ1n) is 7.93. The van der Waals surface area contributed by atoms with Gasteiger partial charge in [0, 0.05) is 43.0 Å². The smallest absolute Gasteiger partial charge is 0.137 e. The fraction of sp³-hybridized carbons (Fsp3) is 0.812. The van der Waals surface area contributed by atoms with Crippen LogP contribution >= 0.6 is 0 Å². The first kappa shape index (κ1) is 12.8. The van der Waals surface area contributed by atoms with Crippen LogP contribution < -0.4 is 0 Å². The zero-order valence-electron chi connectivity index (χ0n) is 12.0. The fourth-order valence-electron chi connectivity index (χ4n) is 5.47. The van der Waals surface area contributed by atoms with Crippen molar-refractivity contribution in [3.05, 3.63) is 11.8 Å². The Labute approximate surface area is 119 Å². The van der Waals surface area contributed by atoms with Gasteiger partial charge in [-0.1, -0.05) is 13.0 Å². The molecule has 0 aromatic rings. The zero-order valence-corrected chi connectivity index (χ0v) is 12.0. The van der Waals surface area contributed by atoms with Crippen molar-refractivity contribution < 1.29 is 15.0 Å². The van der Waals surface area contributed by atoms with Gasteiger partial charge in [-0.05, 0) is 19.3 Å². The molecule has 4 heteroatoms. The summed E-state index contributed by atoms with van der Waals surface area (Å²) in [6.45, 7) is 3.89. The van der Waals surface area contributed by atoms with Crippen LogP contribution in [0, 0.1) is 23.2 Å². The molecule has 2 saturated heterocycles. The van der Waals surface area contributed by atoms with Crippen LogP contribution in [-0.2, 0) is 4.79 Å². The Balaban J connectivity index is 1.96. The molecule has 1 saturated carbocycles. The van der Waals surface area contributed by atoms with Crippen molar-refractivity contribution in [2.75, 3.05) is 13.1 Å². The van der Waals surface area contributed by atoms with Crippen LogP contribution in [0.15, 0.2) is 11.8 Å². The number of hydrogen-bond acceptors (Lipinski definition) is 4. The number of Topliss-reactive ketones (excluding diaryl/α,β-unsaturated/α-hetero) is 1. The van der Waals surface area contributed by atoms with E-state index in [2.05, 4.69) is 11.0 Å². The van der Waals surface area contributed by atoms with Gasteiger partial charge in [-0.2, -0.15) is 0 Å². The molecule has 0 amide bonds. The van der Waals surface area contributed by atoms with E-state index in [1.165, 1.54) is 5.70 Å². The van der Waals surface area contributed by atoms with E-state index in [0.29, 0.717) is 6.42 Å². The highest BCUT2D eigenvalue weighted by Crippen LogP contribution is 2.62. The molecule has 110 valence electrons. The van der Waals surface area contributed by atoms with Gasteiger partial charge in [0.1, 0.15) is 5.78 Å². The number of piperidine rings is 1. The Kier molecular flexibility index (Phi) is 2.62. The number of aliphatic hydroxyl groups excluding tert-OH is 2. The number of ketones is 1. The summed E-state index contributed by atoms with van der Waals surface area (Å²) in [6.07, 6.45) is 4.20. The highest BCUT2D eigenvalue weighted by atomic mass is 16.3. The van der Waals surface area contributed by atoms with Crippen LogP contribution in [0.25, 0.3) is 0 Å². The van der Waals surface area contributed by atoms with Gasteiger partial charge in [0.15, 0.2) is 0 Å². The summed E-state index contributed by atoms with van der Waals surface area (Å²) in [6, 6.07) is 0. The van der Waals surface area contributed by atoms with Gasteiger partial charge in [-0.25, -0.2) is 0 Å². The molecule has 1 spiro atoms. The first-order valence-corrected chi connectivity index (χ1v) is 7.93. The highest BCUT2D eigenvalue weighted by molar-refractivity contribution is 5.86. The topological polar surface area (TPSA) is 60.8 Å². The number of rotatable bonds is 0. The maximum atomic E-state index is 12.5. The Hall–Kier alpha value is -0.870. The normalized spacial score (nSPS) is 50.5. The van der Waals surface area contributed by atoms with Gasteiger partial charge in [-0.3, -0.25) is 4.79 Å². The van der Waals surface area contributed by atoms with E-state index >= 15 is 0 Å². The summed E-state index contributed by atoms with van der Waals surface area (Å²) >= 11 is 0. The number of nitrogens with zero attached hydrogens (tertiary/aromatic N) is 1. The average molecular weight is 277 g/mol. The van der Waals surface area contributed by atoms with Crippen molar-refractivity contribution >= 4 is 5.78 Å². The molecule has 2 heterocycles. The van der Waals surface area contributed by atoms with Crippen LogP contribution in [0.1, 0.15) is 32.6 Å². The number of carbonyl (C=O) groups is 1. The lowest BCUT2D eigenvalue weighted by Gasteiger charge is -2.55. The third-order valence-corrected chi connectivity index (χ3v) is 6.30. The summed E-state index contributed by atoms with van der Waals surface area (Å²) in [7, 11) is 0. The quantitative estimate of drug-likeness (QED) is 0.691. The Morgan fingerprint density at radius 2 is 2.10 bits per heavy atom. The van der Waals surface area contributed by atoms with E-state index in [4.69, 9.17) is 0 Å². The zero-order chi connectivity index (χ0) is 14.1. The molecule has 20 heavy (non-hydrogen) atoms. The highest BCUT2D eigenvalue weighted by Gasteiger charge is 2.66. The molecular weight excluding hydrogens is 254 g/mol. The molecular formula is C16H23NO3. The molecule has 2 bridgehead atoms. The molecule has 0 aromatic carbocycles. The van der Waals surface area contributed by atoms with Crippen LogP contribution in [0.3, 0.4) is 0 Å². The Morgan fingerprint density at radius 3 is 2.90 bits per heavy atom. The maximum Gasteiger partial charge on any atom is 0.137 e. The minimum atomic E-state index is -0.500. The molecule has 6 unspecified atom stereocenters. The second-order valence-corrected chi connectivity index (χ2v) is 7.10. The largest absolute Gasteiger partial charge is 0.392 e. The van der Waals surface area contributed by atoms with E-state index in [1.54, 1.807) is 0 Å². The van der Waals surface area contributed by atoms with Crippen molar-refractivity contribution in [3.63, 3.8) is 0 Å². The molecule has 0 aromatic heterocycles. The van der Waals surface area contributed by atoms with Crippen molar-refractivity contribution in [1.82, 2.24) is 4.90 Å². The lowest BCUT2D eigenvalue weighted by molar-refractivity contribution is -0.126. The van der Waals surface area contributed by atoms with Crippen molar-refractivity contribution in [1.29, 1.82) is 0 Å². The van der Waals surface area contributed by atoms with Crippen molar-refractivity contribution in [2.24, 2.45) is 23.2 Å². The van der Waals surface area contributed by atoms with Gasteiger partial charge in [0.2, 0.25) is 0 Å². The lowest BCUT2D eigenvalue weighted by Crippen LogP contribution is -2.58. The minimum Gasteiger partial charge on any atom is -0.392 e. The van der Waals surface area contributed by atoms with Crippen molar-refractivity contribution in [3.8, 4) is 0 Å². The maximum absolute atomic E-state index is 12.5. The summed E-state index contributed by atoms with van der Waals surface area (Å²) in [5.41, 5.74) is 0.685. The summed E-state index contributed by atoms with van der Waals surface area (Å²) < 4.78 is 0. The van der Waals surface area contributed by atoms with Crippen LogP contribution in [-0.4, -0.2) is 46.2 Å². The summed E-state index contributed by atoms with van der Waals surface area (Å²) in [4.78, 5) is 14.9. The van der Waals surface area contributed by atoms with E-state index in [1.807, 2.05) is 6.92 Å². The van der Waals surface area contributed by atoms with Gasteiger partial charge in [0.25, 0.3) is 0 Å². The number of hydrogen-bond donors (Lipinski definition) is 2. The van der Waals surface area contributed by atoms with E-state index < -0.39 is 17.6 Å². The molecule has 4 rings (SSSR count). The Bertz CT molecular complexity index is 488. The third-order valence-electron chi connectivity index (χ3n) is 6.30. The van der Waals surface area contributed by atoms with Crippen LogP contribution in [0.4, 0.5) is 0 Å². The molecule has 2 aliphatic carbocycles. The molecule has 4 nitrogen and oxygen atoms in total. The van der Waals surface area contributed by atoms with Gasteiger partial charge >= 0.3 is 0 Å². The molecule has 2 N–H and O–H groups in total. The van der Waals surface area contributed by atoms with Gasteiger partial charge in [0.05, 0.1) is 17.6 Å². The SMILES string of the molecule is CC1C=C2N3CCCC4C(=O)CC(C1O)C24C(O)CC3. The van der Waals surface area contributed by atoms with E-state index in [9.17, 15) is 15.0 Å². The van der Waals surface area contributed by atoms with E-state index in [-0.39, 0.29) is 23.5 Å². The third kappa shape index (κ3) is 1.32.